The normalized spacial score (nSPS) is 12.6. The molecule has 0 aliphatic rings. The number of hydrogen-bond acceptors (Lipinski definition) is 2. The molecule has 16 heavy (non-hydrogen) atoms. The number of anilines is 1. The van der Waals surface area contributed by atoms with Gasteiger partial charge < -0.3 is 10.6 Å². The highest BCUT2D eigenvalue weighted by atomic mass is 19.1. The number of nitrogens with one attached hydrogen (secondary N) is 2. The molecule has 1 amide bonds. The fraction of sp³-hybridized carbons (Fsp3) is 0.417. The van der Waals surface area contributed by atoms with Crippen molar-refractivity contribution in [3.8, 4) is 0 Å². The van der Waals surface area contributed by atoms with E-state index in [1.165, 1.54) is 6.07 Å². The lowest BCUT2D eigenvalue weighted by Gasteiger charge is -2.19. The van der Waals surface area contributed by atoms with E-state index < -0.39 is 5.82 Å². The first-order valence-corrected chi connectivity index (χ1v) is 5.29. The minimum atomic E-state index is -0.422. The van der Waals surface area contributed by atoms with Crippen LogP contribution in [-0.4, -0.2) is 19.0 Å². The van der Waals surface area contributed by atoms with E-state index in [1.807, 2.05) is 13.8 Å². The number of amides is 1. The molecule has 3 nitrogen and oxygen atoms in total. The van der Waals surface area contributed by atoms with Crippen LogP contribution >= 0.6 is 0 Å². The topological polar surface area (TPSA) is 41.1 Å². The van der Waals surface area contributed by atoms with Gasteiger partial charge in [0.05, 0.1) is 11.7 Å². The zero-order valence-corrected chi connectivity index (χ0v) is 9.75. The standard InChI is InChI=1S/C12H17FN2O/c1-8(2)11(14-3)12(16)15-10-7-5-4-6-9(10)13/h4-8,11,14H,1-3H3,(H,15,16). The number of carbonyl (C=O) groups is 1. The van der Waals surface area contributed by atoms with Crippen molar-refractivity contribution in [1.29, 1.82) is 0 Å². The Hall–Kier alpha value is -1.42. The Balaban J connectivity index is 2.74. The second-order valence-corrected chi connectivity index (χ2v) is 3.98. The zero-order chi connectivity index (χ0) is 12.1. The summed E-state index contributed by atoms with van der Waals surface area (Å²) in [4.78, 5) is 11.8. The van der Waals surface area contributed by atoms with Crippen molar-refractivity contribution in [3.05, 3.63) is 30.1 Å². The van der Waals surface area contributed by atoms with Crippen LogP contribution < -0.4 is 10.6 Å². The number of rotatable bonds is 4. The van der Waals surface area contributed by atoms with E-state index in [9.17, 15) is 9.18 Å². The monoisotopic (exact) mass is 224 g/mol. The van der Waals surface area contributed by atoms with Gasteiger partial charge >= 0.3 is 0 Å². The summed E-state index contributed by atoms with van der Waals surface area (Å²) in [5.74, 6) is -0.492. The molecule has 4 heteroatoms. The molecule has 0 fully saturated rings. The fourth-order valence-electron chi connectivity index (χ4n) is 1.54. The Labute approximate surface area is 95.0 Å². The molecule has 0 aliphatic carbocycles. The van der Waals surface area contributed by atoms with Gasteiger partial charge in [-0.2, -0.15) is 0 Å². The third kappa shape index (κ3) is 3.03. The van der Waals surface area contributed by atoms with Gasteiger partial charge in [0.2, 0.25) is 5.91 Å². The minimum Gasteiger partial charge on any atom is -0.322 e. The van der Waals surface area contributed by atoms with Crippen molar-refractivity contribution in [3.63, 3.8) is 0 Å². The van der Waals surface area contributed by atoms with Crippen LogP contribution in [0, 0.1) is 11.7 Å². The number of carbonyl (C=O) groups excluding carboxylic acids is 1. The molecule has 1 aromatic rings. The average Bonchev–Trinajstić information content (AvgIpc) is 2.22. The van der Waals surface area contributed by atoms with E-state index in [0.717, 1.165) is 0 Å². The molecule has 0 bridgehead atoms. The molecular weight excluding hydrogens is 207 g/mol. The van der Waals surface area contributed by atoms with Gasteiger partial charge in [-0.25, -0.2) is 4.39 Å². The predicted molar refractivity (Wildman–Crippen MR) is 62.7 cm³/mol. The Morgan fingerprint density at radius 3 is 2.44 bits per heavy atom. The van der Waals surface area contributed by atoms with E-state index in [-0.39, 0.29) is 23.6 Å². The van der Waals surface area contributed by atoms with Crippen molar-refractivity contribution in [1.82, 2.24) is 5.32 Å². The number of likely N-dealkylation sites (N-methyl/N-ethyl adjacent to an activating group) is 1. The third-order valence-corrected chi connectivity index (χ3v) is 2.39. The summed E-state index contributed by atoms with van der Waals surface area (Å²) in [6, 6.07) is 5.81. The van der Waals surface area contributed by atoms with Crippen molar-refractivity contribution < 1.29 is 9.18 Å². The second kappa shape index (κ2) is 5.61. The van der Waals surface area contributed by atoms with Gasteiger partial charge in [-0.05, 0) is 25.1 Å². The molecule has 0 aromatic heterocycles. The first-order valence-electron chi connectivity index (χ1n) is 5.29. The number of hydrogen-bond donors (Lipinski definition) is 2. The average molecular weight is 224 g/mol. The maximum Gasteiger partial charge on any atom is 0.241 e. The Morgan fingerprint density at radius 1 is 1.31 bits per heavy atom. The third-order valence-electron chi connectivity index (χ3n) is 2.39. The fourth-order valence-corrected chi connectivity index (χ4v) is 1.54. The smallest absolute Gasteiger partial charge is 0.241 e. The van der Waals surface area contributed by atoms with Crippen molar-refractivity contribution in [2.75, 3.05) is 12.4 Å². The number of benzene rings is 1. The first-order chi connectivity index (χ1) is 7.56. The molecule has 1 rings (SSSR count). The van der Waals surface area contributed by atoms with E-state index in [0.29, 0.717) is 0 Å². The second-order valence-electron chi connectivity index (χ2n) is 3.98. The maximum absolute atomic E-state index is 13.3. The highest BCUT2D eigenvalue weighted by Crippen LogP contribution is 2.13. The molecule has 1 atom stereocenters. The summed E-state index contributed by atoms with van der Waals surface area (Å²) in [7, 11) is 1.71. The largest absolute Gasteiger partial charge is 0.322 e. The predicted octanol–water partition coefficient (Wildman–Crippen LogP) is 2.01. The molecule has 1 unspecified atom stereocenters. The van der Waals surface area contributed by atoms with Crippen molar-refractivity contribution in [2.24, 2.45) is 5.92 Å². The summed E-state index contributed by atoms with van der Waals surface area (Å²) in [5.41, 5.74) is 0.216. The van der Waals surface area contributed by atoms with Crippen LogP contribution in [0.2, 0.25) is 0 Å². The van der Waals surface area contributed by atoms with Gasteiger partial charge in [0, 0.05) is 0 Å². The van der Waals surface area contributed by atoms with E-state index >= 15 is 0 Å². The number of halogens is 1. The van der Waals surface area contributed by atoms with E-state index in [1.54, 1.807) is 25.2 Å². The summed E-state index contributed by atoms with van der Waals surface area (Å²) < 4.78 is 13.3. The van der Waals surface area contributed by atoms with E-state index in [2.05, 4.69) is 10.6 Å². The molecule has 1 aromatic carbocycles. The highest BCUT2D eigenvalue weighted by molar-refractivity contribution is 5.95. The summed E-state index contributed by atoms with van der Waals surface area (Å²) in [6.07, 6.45) is 0. The van der Waals surface area contributed by atoms with Gasteiger partial charge in [-0.3, -0.25) is 4.79 Å². The molecule has 2 N–H and O–H groups in total. The molecular formula is C12H17FN2O. The lowest BCUT2D eigenvalue weighted by Crippen LogP contribution is -2.42. The molecule has 0 saturated carbocycles. The lowest BCUT2D eigenvalue weighted by atomic mass is 10.0. The first kappa shape index (κ1) is 12.6. The molecule has 88 valence electrons. The summed E-state index contributed by atoms with van der Waals surface area (Å²) in [5, 5.41) is 5.47. The van der Waals surface area contributed by atoms with Crippen LogP contribution in [0.4, 0.5) is 10.1 Å². The van der Waals surface area contributed by atoms with Crippen LogP contribution in [0.5, 0.6) is 0 Å². The Morgan fingerprint density at radius 2 is 1.94 bits per heavy atom. The quantitative estimate of drug-likeness (QED) is 0.821. The van der Waals surface area contributed by atoms with Gasteiger partial charge in [-0.15, -0.1) is 0 Å². The number of para-hydroxylation sites is 1. The molecule has 0 aliphatic heterocycles. The lowest BCUT2D eigenvalue weighted by molar-refractivity contribution is -0.119. The molecule has 0 spiro atoms. The van der Waals surface area contributed by atoms with Crippen LogP contribution in [-0.2, 0) is 4.79 Å². The minimum absolute atomic E-state index is 0.150. The van der Waals surface area contributed by atoms with Gasteiger partial charge in [-0.1, -0.05) is 26.0 Å². The molecule has 0 heterocycles. The van der Waals surface area contributed by atoms with Gasteiger partial charge in [0.15, 0.2) is 0 Å². The van der Waals surface area contributed by atoms with Gasteiger partial charge in [0.1, 0.15) is 5.82 Å². The van der Waals surface area contributed by atoms with Crippen molar-refractivity contribution in [2.45, 2.75) is 19.9 Å². The summed E-state index contributed by atoms with van der Waals surface area (Å²) >= 11 is 0. The zero-order valence-electron chi connectivity index (χ0n) is 9.75. The van der Waals surface area contributed by atoms with Gasteiger partial charge in [0.25, 0.3) is 0 Å². The maximum atomic E-state index is 13.3. The SMILES string of the molecule is CNC(C(=O)Nc1ccccc1F)C(C)C. The van der Waals surface area contributed by atoms with Crippen LogP contribution in [0.3, 0.4) is 0 Å². The van der Waals surface area contributed by atoms with E-state index in [4.69, 9.17) is 0 Å². The van der Waals surface area contributed by atoms with Crippen molar-refractivity contribution >= 4 is 11.6 Å². The molecule has 0 radical (unpaired) electrons. The van der Waals surface area contributed by atoms with Crippen LogP contribution in [0.1, 0.15) is 13.8 Å². The Bertz CT molecular complexity index is 366. The Kier molecular flexibility index (Phi) is 4.43. The highest BCUT2D eigenvalue weighted by Gasteiger charge is 2.20. The van der Waals surface area contributed by atoms with Crippen LogP contribution in [0.25, 0.3) is 0 Å². The summed E-state index contributed by atoms with van der Waals surface area (Å²) in [6.45, 7) is 3.87. The molecule has 0 saturated heterocycles. The van der Waals surface area contributed by atoms with Crippen LogP contribution in [0.15, 0.2) is 24.3 Å².